The first-order chi connectivity index (χ1) is 15.5. The summed E-state index contributed by atoms with van der Waals surface area (Å²) in [5.74, 6) is -0.735. The van der Waals surface area contributed by atoms with E-state index in [1.54, 1.807) is 30.3 Å². The first-order valence-electron chi connectivity index (χ1n) is 10.6. The van der Waals surface area contributed by atoms with Crippen LogP contribution in [0.4, 0.5) is 0 Å². The molecular formula is C24H29N3O5. The van der Waals surface area contributed by atoms with Crippen LogP contribution in [-0.2, 0) is 9.59 Å². The topological polar surface area (TPSA) is 92.2 Å². The summed E-state index contributed by atoms with van der Waals surface area (Å²) in [6.45, 7) is 6.66. The monoisotopic (exact) mass is 439 g/mol. The van der Waals surface area contributed by atoms with Crippen molar-refractivity contribution in [3.05, 3.63) is 59.4 Å². The van der Waals surface area contributed by atoms with Crippen molar-refractivity contribution in [2.24, 2.45) is 0 Å². The average molecular weight is 440 g/mol. The Kier molecular flexibility index (Phi) is 7.48. The number of hydrogen-bond acceptors (Lipinski definition) is 7. The van der Waals surface area contributed by atoms with Gasteiger partial charge in [-0.3, -0.25) is 14.6 Å². The van der Waals surface area contributed by atoms with E-state index in [2.05, 4.69) is 9.88 Å². The molecular weight excluding hydrogens is 410 g/mol. The molecule has 8 nitrogen and oxygen atoms in total. The number of ketones is 1. The van der Waals surface area contributed by atoms with Crippen LogP contribution in [0, 0.1) is 0 Å². The van der Waals surface area contributed by atoms with Gasteiger partial charge in [-0.2, -0.15) is 0 Å². The zero-order valence-electron chi connectivity index (χ0n) is 18.9. The minimum atomic E-state index is -0.816. The Morgan fingerprint density at radius 2 is 1.78 bits per heavy atom. The lowest BCUT2D eigenvalue weighted by molar-refractivity contribution is -0.140. The lowest BCUT2D eigenvalue weighted by Crippen LogP contribution is -2.38. The summed E-state index contributed by atoms with van der Waals surface area (Å²) in [6, 6.07) is 7.67. The van der Waals surface area contributed by atoms with Crippen LogP contribution in [0.3, 0.4) is 0 Å². The maximum atomic E-state index is 13.1. The zero-order valence-corrected chi connectivity index (χ0v) is 18.9. The first-order valence-corrected chi connectivity index (χ1v) is 10.6. The third kappa shape index (κ3) is 4.31. The second-order valence-corrected chi connectivity index (χ2v) is 7.34. The fraction of sp³-hybridized carbons (Fsp3) is 0.375. The second-order valence-electron chi connectivity index (χ2n) is 7.34. The summed E-state index contributed by atoms with van der Waals surface area (Å²) < 4.78 is 11.0. The molecule has 8 heteroatoms. The fourth-order valence-corrected chi connectivity index (χ4v) is 4.02. The number of benzene rings is 1. The molecule has 1 saturated heterocycles. The number of aliphatic hydroxyl groups is 1. The van der Waals surface area contributed by atoms with Crippen molar-refractivity contribution in [1.29, 1.82) is 0 Å². The summed E-state index contributed by atoms with van der Waals surface area (Å²) in [4.78, 5) is 33.9. The molecule has 3 rings (SSSR count). The molecule has 1 atom stereocenters. The van der Waals surface area contributed by atoms with Gasteiger partial charge in [0.1, 0.15) is 5.76 Å². The molecule has 1 aliphatic heterocycles. The number of carbonyl (C=O) groups is 2. The van der Waals surface area contributed by atoms with Gasteiger partial charge in [0.2, 0.25) is 0 Å². The van der Waals surface area contributed by atoms with Crippen molar-refractivity contribution < 1.29 is 24.2 Å². The molecule has 2 heterocycles. The molecule has 0 bridgehead atoms. The molecule has 0 aliphatic carbocycles. The Morgan fingerprint density at radius 1 is 1.09 bits per heavy atom. The summed E-state index contributed by atoms with van der Waals surface area (Å²) in [5, 5.41) is 11.1. The molecule has 0 saturated carbocycles. The van der Waals surface area contributed by atoms with Crippen molar-refractivity contribution >= 4 is 17.4 Å². The number of ether oxygens (including phenoxy) is 2. The van der Waals surface area contributed by atoms with Gasteiger partial charge in [0.25, 0.3) is 11.7 Å². The Morgan fingerprint density at radius 3 is 2.38 bits per heavy atom. The number of carbonyl (C=O) groups excluding carboxylic acids is 2. The molecule has 0 radical (unpaired) electrons. The van der Waals surface area contributed by atoms with E-state index in [0.29, 0.717) is 35.7 Å². The van der Waals surface area contributed by atoms with Crippen molar-refractivity contribution in [2.75, 3.05) is 40.4 Å². The number of nitrogens with zero attached hydrogens (tertiary/aromatic N) is 3. The second kappa shape index (κ2) is 10.3. The predicted octanol–water partition coefficient (Wildman–Crippen LogP) is 2.86. The molecule has 1 aliphatic rings. The molecule has 0 spiro atoms. The van der Waals surface area contributed by atoms with Crippen LogP contribution in [0.5, 0.6) is 11.5 Å². The Labute approximate surface area is 188 Å². The van der Waals surface area contributed by atoms with Gasteiger partial charge in [0.05, 0.1) is 25.8 Å². The number of likely N-dealkylation sites (tertiary alicyclic amines) is 1. The lowest BCUT2D eigenvalue weighted by Gasteiger charge is -2.29. The highest BCUT2D eigenvalue weighted by Crippen LogP contribution is 2.45. The fourth-order valence-electron chi connectivity index (χ4n) is 4.02. The molecule has 0 unspecified atom stereocenters. The van der Waals surface area contributed by atoms with E-state index in [9.17, 15) is 14.7 Å². The number of amides is 1. The Hall–Kier alpha value is -3.39. The molecule has 1 N–H and O–H groups in total. The Balaban J connectivity index is 2.19. The molecule has 2 aromatic rings. The maximum Gasteiger partial charge on any atom is 0.295 e. The summed E-state index contributed by atoms with van der Waals surface area (Å²) >= 11 is 0. The van der Waals surface area contributed by atoms with Gasteiger partial charge in [0.15, 0.2) is 11.5 Å². The van der Waals surface area contributed by atoms with Crippen molar-refractivity contribution in [1.82, 2.24) is 14.8 Å². The number of pyridine rings is 1. The van der Waals surface area contributed by atoms with Crippen molar-refractivity contribution in [2.45, 2.75) is 19.9 Å². The third-order valence-corrected chi connectivity index (χ3v) is 5.77. The maximum absolute atomic E-state index is 13.1. The number of Topliss-reactive ketones (excluding diaryl/α,β-unsaturated/α-hetero) is 1. The molecule has 32 heavy (non-hydrogen) atoms. The summed E-state index contributed by atoms with van der Waals surface area (Å²) in [7, 11) is 3.03. The average Bonchev–Trinajstić information content (AvgIpc) is 3.08. The third-order valence-electron chi connectivity index (χ3n) is 5.77. The lowest BCUT2D eigenvalue weighted by atomic mass is 9.94. The van der Waals surface area contributed by atoms with E-state index in [4.69, 9.17) is 9.47 Å². The van der Waals surface area contributed by atoms with E-state index in [1.165, 1.54) is 31.5 Å². The minimum Gasteiger partial charge on any atom is -0.507 e. The zero-order chi connectivity index (χ0) is 23.3. The van der Waals surface area contributed by atoms with Crippen molar-refractivity contribution in [3.8, 4) is 11.5 Å². The highest BCUT2D eigenvalue weighted by atomic mass is 16.5. The Bertz CT molecular complexity index is 1000. The van der Waals surface area contributed by atoms with Crippen LogP contribution in [-0.4, -0.2) is 72.0 Å². The van der Waals surface area contributed by atoms with Crippen LogP contribution in [0.1, 0.15) is 31.0 Å². The van der Waals surface area contributed by atoms with E-state index in [1.807, 2.05) is 13.8 Å². The number of likely N-dealkylation sites (N-methyl/N-ethyl adjacent to an activating group) is 1. The molecule has 1 aromatic heterocycles. The minimum absolute atomic E-state index is 0.0206. The number of para-hydroxylation sites is 1. The largest absolute Gasteiger partial charge is 0.507 e. The van der Waals surface area contributed by atoms with Crippen LogP contribution in [0.25, 0.3) is 5.76 Å². The SMILES string of the molecule is CCN(CC)CCN1C(=O)C(=O)/C(=C(/O)c2ccncc2)[C@@H]1c1cccc(OC)c1OC. The van der Waals surface area contributed by atoms with Crippen LogP contribution >= 0.6 is 0 Å². The predicted molar refractivity (Wildman–Crippen MR) is 121 cm³/mol. The van der Waals surface area contributed by atoms with Gasteiger partial charge >= 0.3 is 0 Å². The van der Waals surface area contributed by atoms with Crippen LogP contribution in [0.2, 0.25) is 0 Å². The van der Waals surface area contributed by atoms with Gasteiger partial charge in [-0.25, -0.2) is 0 Å². The standard InChI is InChI=1S/C24H29N3O5/c1-5-26(6-2)14-15-27-20(17-8-7-9-18(31-3)23(17)32-4)19(22(29)24(27)30)21(28)16-10-12-25-13-11-16/h7-13,20,28H,5-6,14-15H2,1-4H3/b21-19+/t20-/m0/s1. The molecule has 170 valence electrons. The van der Waals surface area contributed by atoms with Gasteiger partial charge in [-0.05, 0) is 31.3 Å². The normalized spacial score (nSPS) is 17.8. The number of aromatic nitrogens is 1. The quantitative estimate of drug-likeness (QED) is 0.365. The van der Waals surface area contributed by atoms with Crippen LogP contribution < -0.4 is 9.47 Å². The summed E-state index contributed by atoms with van der Waals surface area (Å²) in [6.07, 6.45) is 3.04. The van der Waals surface area contributed by atoms with Gasteiger partial charge in [-0.1, -0.05) is 26.0 Å². The summed E-state index contributed by atoms with van der Waals surface area (Å²) in [5.41, 5.74) is 1.00. The van der Waals surface area contributed by atoms with E-state index < -0.39 is 17.7 Å². The highest BCUT2D eigenvalue weighted by Gasteiger charge is 2.47. The smallest absolute Gasteiger partial charge is 0.295 e. The van der Waals surface area contributed by atoms with Gasteiger partial charge < -0.3 is 24.4 Å². The van der Waals surface area contributed by atoms with Crippen molar-refractivity contribution in [3.63, 3.8) is 0 Å². The van der Waals surface area contributed by atoms with E-state index >= 15 is 0 Å². The van der Waals surface area contributed by atoms with Crippen LogP contribution in [0.15, 0.2) is 48.3 Å². The number of hydrogen-bond donors (Lipinski definition) is 1. The number of rotatable bonds is 9. The number of methoxy groups -OCH3 is 2. The first kappa shape index (κ1) is 23.3. The number of aliphatic hydroxyl groups excluding tert-OH is 1. The highest BCUT2D eigenvalue weighted by molar-refractivity contribution is 6.46. The van der Waals surface area contributed by atoms with E-state index in [-0.39, 0.29) is 11.3 Å². The molecule has 1 fully saturated rings. The van der Waals surface area contributed by atoms with E-state index in [0.717, 1.165) is 13.1 Å². The molecule has 1 amide bonds. The van der Waals surface area contributed by atoms with Gasteiger partial charge in [0, 0.05) is 36.6 Å². The van der Waals surface area contributed by atoms with Gasteiger partial charge in [-0.15, -0.1) is 0 Å². The molecule has 1 aromatic carbocycles.